The highest BCUT2D eigenvalue weighted by atomic mass is 35.5. The van der Waals surface area contributed by atoms with Crippen LogP contribution >= 0.6 is 22.9 Å². The molecule has 0 saturated carbocycles. The van der Waals surface area contributed by atoms with Crippen LogP contribution in [0, 0.1) is 0 Å². The van der Waals surface area contributed by atoms with E-state index in [1.807, 2.05) is 24.3 Å². The van der Waals surface area contributed by atoms with Crippen LogP contribution in [0.2, 0.25) is 5.02 Å². The summed E-state index contributed by atoms with van der Waals surface area (Å²) in [6, 6.07) is 14.9. The van der Waals surface area contributed by atoms with Crippen LogP contribution in [0.1, 0.15) is 22.7 Å². The Kier molecular flexibility index (Phi) is 6.84. The second-order valence-electron chi connectivity index (χ2n) is 7.09. The van der Waals surface area contributed by atoms with Gasteiger partial charge in [0.1, 0.15) is 17.4 Å². The minimum Gasteiger partial charge on any atom is -0.486 e. The van der Waals surface area contributed by atoms with Gasteiger partial charge in [0.05, 0.1) is 12.1 Å². The highest BCUT2D eigenvalue weighted by Crippen LogP contribution is 2.26. The maximum Gasteiger partial charge on any atom is 0.312 e. The van der Waals surface area contributed by atoms with Crippen molar-refractivity contribution in [2.75, 3.05) is 18.1 Å². The Morgan fingerprint density at radius 2 is 1.94 bits per heavy atom. The number of carbonyl (C=O) groups is 2. The van der Waals surface area contributed by atoms with Crippen LogP contribution in [-0.2, 0) is 33.8 Å². The number of esters is 1. The number of amides is 1. The van der Waals surface area contributed by atoms with Gasteiger partial charge in [-0.1, -0.05) is 29.8 Å². The molecular weight excluding hydrogens is 436 g/mol. The molecule has 0 saturated heterocycles. The number of hydrogen-bond acceptors (Lipinski definition) is 6. The number of hydrogen-bond donors (Lipinski definition) is 0. The molecule has 6 nitrogen and oxygen atoms in total. The monoisotopic (exact) mass is 456 g/mol. The van der Waals surface area contributed by atoms with Crippen molar-refractivity contribution in [2.45, 2.75) is 25.9 Å². The fourth-order valence-electron chi connectivity index (χ4n) is 3.38. The lowest BCUT2D eigenvalue weighted by atomic mass is 10.0. The van der Waals surface area contributed by atoms with Crippen LogP contribution in [0.5, 0.6) is 5.75 Å². The summed E-state index contributed by atoms with van der Waals surface area (Å²) in [7, 11) is 0. The van der Waals surface area contributed by atoms with E-state index in [0.29, 0.717) is 29.6 Å². The molecule has 0 unspecified atom stereocenters. The lowest BCUT2D eigenvalue weighted by Gasteiger charge is -2.29. The number of nitrogens with zero attached hydrogens (tertiary/aromatic N) is 2. The van der Waals surface area contributed by atoms with E-state index in [4.69, 9.17) is 21.1 Å². The van der Waals surface area contributed by atoms with E-state index < -0.39 is 5.97 Å². The molecular formula is C23H21ClN2O4S. The smallest absolute Gasteiger partial charge is 0.312 e. The van der Waals surface area contributed by atoms with E-state index in [-0.39, 0.29) is 18.9 Å². The van der Waals surface area contributed by atoms with Gasteiger partial charge in [0.25, 0.3) is 5.91 Å². The van der Waals surface area contributed by atoms with E-state index >= 15 is 0 Å². The average molecular weight is 457 g/mol. The minimum absolute atomic E-state index is 0.0152. The molecule has 1 aromatic heterocycles. The fraction of sp³-hybridized carbons (Fsp3) is 0.261. The van der Waals surface area contributed by atoms with Gasteiger partial charge in [-0.3, -0.25) is 9.59 Å². The number of benzene rings is 2. The lowest BCUT2D eigenvalue weighted by Crippen LogP contribution is -2.38. The van der Waals surface area contributed by atoms with Gasteiger partial charge < -0.3 is 14.4 Å². The molecule has 3 aromatic rings. The van der Waals surface area contributed by atoms with Crippen molar-refractivity contribution >= 4 is 40.5 Å². The van der Waals surface area contributed by atoms with E-state index in [1.165, 1.54) is 11.3 Å². The Balaban J connectivity index is 1.25. The molecule has 0 bridgehead atoms. The van der Waals surface area contributed by atoms with Crippen molar-refractivity contribution in [3.05, 3.63) is 75.2 Å². The number of carbonyl (C=O) groups excluding carboxylic acids is 2. The highest BCUT2D eigenvalue weighted by Gasteiger charge is 2.23. The molecule has 0 spiro atoms. The minimum atomic E-state index is -0.478. The Hall–Kier alpha value is -2.90. The molecule has 0 radical (unpaired) electrons. The van der Waals surface area contributed by atoms with E-state index in [9.17, 15) is 9.59 Å². The predicted molar refractivity (Wildman–Crippen MR) is 120 cm³/mol. The molecule has 0 atom stereocenters. The number of aromatic nitrogens is 1. The summed E-state index contributed by atoms with van der Waals surface area (Å²) in [5.74, 6) is 0.00306. The van der Waals surface area contributed by atoms with Crippen molar-refractivity contribution in [2.24, 2.45) is 0 Å². The molecule has 1 amide bonds. The largest absolute Gasteiger partial charge is 0.486 e. The zero-order chi connectivity index (χ0) is 21.6. The summed E-state index contributed by atoms with van der Waals surface area (Å²) < 4.78 is 10.9. The predicted octanol–water partition coefficient (Wildman–Crippen LogP) is 4.44. The summed E-state index contributed by atoms with van der Waals surface area (Å²) in [6.07, 6.45) is 1.87. The Bertz CT molecular complexity index is 1070. The Labute approximate surface area is 189 Å². The summed E-state index contributed by atoms with van der Waals surface area (Å²) in [4.78, 5) is 30.9. The first-order chi connectivity index (χ1) is 15.1. The summed E-state index contributed by atoms with van der Waals surface area (Å²) in [5.41, 5.74) is 2.64. The van der Waals surface area contributed by atoms with Crippen LogP contribution in [-0.4, -0.2) is 30.0 Å². The van der Waals surface area contributed by atoms with Crippen molar-refractivity contribution in [3.8, 4) is 5.75 Å². The van der Waals surface area contributed by atoms with Crippen molar-refractivity contribution in [1.29, 1.82) is 0 Å². The number of rotatable bonds is 7. The fourth-order valence-corrected chi connectivity index (χ4v) is 4.22. The van der Waals surface area contributed by atoms with Gasteiger partial charge in [-0.15, -0.1) is 11.3 Å². The molecule has 0 N–H and O–H groups in total. The molecule has 1 aliphatic rings. The van der Waals surface area contributed by atoms with Gasteiger partial charge in [0, 0.05) is 22.6 Å². The number of anilines is 1. The highest BCUT2D eigenvalue weighted by molar-refractivity contribution is 7.09. The molecule has 8 heteroatoms. The molecule has 2 heterocycles. The molecule has 31 heavy (non-hydrogen) atoms. The van der Waals surface area contributed by atoms with Gasteiger partial charge in [-0.05, 0) is 48.7 Å². The Morgan fingerprint density at radius 3 is 2.77 bits per heavy atom. The van der Waals surface area contributed by atoms with Crippen molar-refractivity contribution < 1.29 is 19.1 Å². The number of para-hydroxylation sites is 1. The van der Waals surface area contributed by atoms with Crippen molar-refractivity contribution in [1.82, 2.24) is 4.98 Å². The SMILES string of the molecule is O=C(Cc1csc(COc2ccc(Cl)cc2)n1)OCC(=O)N1CCCc2ccccc21. The first-order valence-electron chi connectivity index (χ1n) is 9.94. The lowest BCUT2D eigenvalue weighted by molar-refractivity contribution is -0.147. The zero-order valence-corrected chi connectivity index (χ0v) is 18.3. The number of halogens is 1. The molecule has 2 aromatic carbocycles. The van der Waals surface area contributed by atoms with Gasteiger partial charge in [-0.2, -0.15) is 0 Å². The quantitative estimate of drug-likeness (QED) is 0.491. The van der Waals surface area contributed by atoms with Gasteiger partial charge >= 0.3 is 5.97 Å². The van der Waals surface area contributed by atoms with Crippen LogP contribution in [0.3, 0.4) is 0 Å². The molecule has 0 fully saturated rings. The molecule has 0 aliphatic carbocycles. The van der Waals surface area contributed by atoms with E-state index in [0.717, 1.165) is 29.1 Å². The average Bonchev–Trinajstić information content (AvgIpc) is 3.24. The van der Waals surface area contributed by atoms with Gasteiger partial charge in [0.2, 0.25) is 0 Å². The van der Waals surface area contributed by atoms with Crippen LogP contribution < -0.4 is 9.64 Å². The van der Waals surface area contributed by atoms with E-state index in [1.54, 1.807) is 34.5 Å². The third kappa shape index (κ3) is 5.62. The second-order valence-corrected chi connectivity index (χ2v) is 8.47. The number of fused-ring (bicyclic) bond motifs is 1. The third-order valence-corrected chi connectivity index (χ3v) is 5.99. The maximum atomic E-state index is 12.6. The number of thiazole rings is 1. The first kappa shape index (κ1) is 21.3. The summed E-state index contributed by atoms with van der Waals surface area (Å²) in [6.45, 7) is 0.661. The summed E-state index contributed by atoms with van der Waals surface area (Å²) >= 11 is 7.27. The zero-order valence-electron chi connectivity index (χ0n) is 16.8. The number of ether oxygens (including phenoxy) is 2. The normalized spacial score (nSPS) is 12.9. The van der Waals surface area contributed by atoms with Crippen LogP contribution in [0.4, 0.5) is 5.69 Å². The molecule has 1 aliphatic heterocycles. The Morgan fingerprint density at radius 1 is 1.13 bits per heavy atom. The number of aryl methyl sites for hydroxylation is 1. The van der Waals surface area contributed by atoms with Crippen LogP contribution in [0.25, 0.3) is 0 Å². The first-order valence-corrected chi connectivity index (χ1v) is 11.2. The summed E-state index contributed by atoms with van der Waals surface area (Å²) in [5, 5.41) is 3.19. The topological polar surface area (TPSA) is 68.7 Å². The maximum absolute atomic E-state index is 12.6. The molecule has 4 rings (SSSR count). The van der Waals surface area contributed by atoms with Gasteiger partial charge in [0.15, 0.2) is 6.61 Å². The van der Waals surface area contributed by atoms with Gasteiger partial charge in [-0.25, -0.2) is 4.98 Å². The standard InChI is InChI=1S/C23H21ClN2O4S/c24-17-7-9-19(10-8-17)29-13-21-25-18(15-31-21)12-23(28)30-14-22(27)26-11-3-5-16-4-1-2-6-20(16)26/h1-2,4,6-10,15H,3,5,11-14H2. The van der Waals surface area contributed by atoms with Crippen molar-refractivity contribution in [3.63, 3.8) is 0 Å². The molecule has 160 valence electrons. The third-order valence-electron chi connectivity index (χ3n) is 4.87. The van der Waals surface area contributed by atoms with Crippen LogP contribution in [0.15, 0.2) is 53.9 Å². The second kappa shape index (κ2) is 9.94. The van der Waals surface area contributed by atoms with E-state index in [2.05, 4.69) is 4.98 Å².